The number of nitrogens with one attached hydrogen (secondary N) is 1. The first-order valence-corrected chi connectivity index (χ1v) is 11.8. The summed E-state index contributed by atoms with van der Waals surface area (Å²) in [5.74, 6) is -0.142. The van der Waals surface area contributed by atoms with Gasteiger partial charge in [0.1, 0.15) is 0 Å². The van der Waals surface area contributed by atoms with E-state index >= 15 is 0 Å². The number of amides is 1. The molecule has 0 fully saturated rings. The average Bonchev–Trinajstić information content (AvgIpc) is 2.74. The van der Waals surface area contributed by atoms with Crippen LogP contribution in [-0.2, 0) is 26.3 Å². The van der Waals surface area contributed by atoms with Gasteiger partial charge in [-0.25, -0.2) is 8.42 Å². The lowest BCUT2D eigenvalue weighted by Crippen LogP contribution is -2.31. The molecule has 7 nitrogen and oxygen atoms in total. The minimum Gasteiger partial charge on any atom is -0.353 e. The maximum absolute atomic E-state index is 11.9. The molecule has 0 aliphatic heterocycles. The van der Waals surface area contributed by atoms with Crippen molar-refractivity contribution in [2.75, 3.05) is 19.3 Å². The van der Waals surface area contributed by atoms with Crippen molar-refractivity contribution in [3.63, 3.8) is 0 Å². The molecular formula is C22H29N3O4S. The first-order chi connectivity index (χ1) is 14.4. The van der Waals surface area contributed by atoms with Crippen LogP contribution in [0.5, 0.6) is 0 Å². The molecule has 30 heavy (non-hydrogen) atoms. The molecule has 1 amide bonds. The maximum atomic E-state index is 11.9. The van der Waals surface area contributed by atoms with Gasteiger partial charge in [-0.05, 0) is 36.1 Å². The van der Waals surface area contributed by atoms with Crippen LogP contribution in [0.25, 0.3) is 6.08 Å². The van der Waals surface area contributed by atoms with E-state index in [4.69, 9.17) is 4.84 Å². The average molecular weight is 432 g/mol. The Kier molecular flexibility index (Phi) is 10.2. The zero-order chi connectivity index (χ0) is 21.7. The molecule has 1 aromatic carbocycles. The summed E-state index contributed by atoms with van der Waals surface area (Å²) in [5, 5.41) is 2.84. The number of carbonyl (C=O) groups is 1. The number of carbonyl (C=O) groups excluding carboxylic acids is 1. The normalized spacial score (nSPS) is 11.8. The van der Waals surface area contributed by atoms with Gasteiger partial charge in [-0.3, -0.25) is 14.6 Å². The molecule has 1 N–H and O–H groups in total. The highest BCUT2D eigenvalue weighted by molar-refractivity contribution is 7.88. The van der Waals surface area contributed by atoms with Crippen LogP contribution in [0.3, 0.4) is 0 Å². The Labute approximate surface area is 178 Å². The molecule has 0 bridgehead atoms. The van der Waals surface area contributed by atoms with E-state index in [1.54, 1.807) is 18.5 Å². The minimum absolute atomic E-state index is 0.142. The number of aromatic nitrogens is 1. The van der Waals surface area contributed by atoms with Gasteiger partial charge in [0.2, 0.25) is 15.9 Å². The van der Waals surface area contributed by atoms with E-state index in [1.165, 1.54) is 6.08 Å². The first-order valence-electron chi connectivity index (χ1n) is 9.95. The molecule has 0 aliphatic carbocycles. The lowest BCUT2D eigenvalue weighted by atomic mass is 10.2. The highest BCUT2D eigenvalue weighted by Crippen LogP contribution is 2.09. The molecule has 2 aromatic rings. The van der Waals surface area contributed by atoms with Crippen LogP contribution >= 0.6 is 0 Å². The van der Waals surface area contributed by atoms with Crippen LogP contribution < -0.4 is 5.32 Å². The van der Waals surface area contributed by atoms with Gasteiger partial charge < -0.3 is 5.32 Å². The van der Waals surface area contributed by atoms with E-state index < -0.39 is 10.0 Å². The Morgan fingerprint density at radius 1 is 1.10 bits per heavy atom. The van der Waals surface area contributed by atoms with Crippen LogP contribution in [0, 0.1) is 0 Å². The highest BCUT2D eigenvalue weighted by atomic mass is 32.2. The third-order valence-electron chi connectivity index (χ3n) is 4.27. The van der Waals surface area contributed by atoms with Gasteiger partial charge in [0.15, 0.2) is 0 Å². The summed E-state index contributed by atoms with van der Waals surface area (Å²) in [7, 11) is -3.43. The van der Waals surface area contributed by atoms with Gasteiger partial charge in [0, 0.05) is 31.6 Å². The van der Waals surface area contributed by atoms with Crippen LogP contribution in [0.4, 0.5) is 0 Å². The molecule has 0 saturated heterocycles. The first kappa shape index (κ1) is 23.7. The van der Waals surface area contributed by atoms with E-state index in [9.17, 15) is 13.2 Å². The molecule has 162 valence electrons. The van der Waals surface area contributed by atoms with Crippen molar-refractivity contribution in [1.29, 1.82) is 0 Å². The third kappa shape index (κ3) is 9.78. The topological polar surface area (TPSA) is 88.6 Å². The summed E-state index contributed by atoms with van der Waals surface area (Å²) in [6, 6.07) is 13.1. The van der Waals surface area contributed by atoms with E-state index in [2.05, 4.69) is 10.3 Å². The lowest BCUT2D eigenvalue weighted by Gasteiger charge is -2.19. The number of sulfonamides is 1. The largest absolute Gasteiger partial charge is 0.353 e. The Balaban J connectivity index is 1.59. The molecular weight excluding hydrogens is 402 g/mol. The molecule has 0 atom stereocenters. The molecule has 0 spiro atoms. The second kappa shape index (κ2) is 12.9. The van der Waals surface area contributed by atoms with Crippen molar-refractivity contribution in [2.45, 2.75) is 32.3 Å². The Morgan fingerprint density at radius 3 is 2.57 bits per heavy atom. The molecule has 8 heteroatoms. The predicted octanol–water partition coefficient (Wildman–Crippen LogP) is 3.16. The van der Waals surface area contributed by atoms with E-state index in [1.807, 2.05) is 42.5 Å². The molecule has 0 aliphatic rings. The number of benzene rings is 1. The maximum Gasteiger partial charge on any atom is 0.243 e. The Hall–Kier alpha value is -2.55. The summed E-state index contributed by atoms with van der Waals surface area (Å²) in [6.45, 7) is 1.11. The number of pyridine rings is 1. The monoisotopic (exact) mass is 431 g/mol. The van der Waals surface area contributed by atoms with E-state index in [0.29, 0.717) is 19.5 Å². The van der Waals surface area contributed by atoms with Gasteiger partial charge in [0.25, 0.3) is 0 Å². The number of hydroxylamine groups is 1. The van der Waals surface area contributed by atoms with Crippen molar-refractivity contribution >= 4 is 22.0 Å². The SMILES string of the molecule is CS(=O)(=O)N(CCCCCCNC(=O)C=Cc1cccnc1)OCc1ccccc1. The van der Waals surface area contributed by atoms with Gasteiger partial charge >= 0.3 is 0 Å². The quantitative estimate of drug-likeness (QED) is 0.299. The summed E-state index contributed by atoms with van der Waals surface area (Å²) in [5.41, 5.74) is 1.79. The van der Waals surface area contributed by atoms with Gasteiger partial charge in [0.05, 0.1) is 12.9 Å². The number of nitrogens with zero attached hydrogens (tertiary/aromatic N) is 2. The van der Waals surface area contributed by atoms with Gasteiger partial charge in [-0.15, -0.1) is 0 Å². The minimum atomic E-state index is -3.43. The molecule has 2 rings (SSSR count). The highest BCUT2D eigenvalue weighted by Gasteiger charge is 2.17. The van der Waals surface area contributed by atoms with Gasteiger partial charge in [-0.2, -0.15) is 0 Å². The molecule has 1 aromatic heterocycles. The van der Waals surface area contributed by atoms with Crippen LogP contribution in [-0.4, -0.2) is 43.1 Å². The molecule has 0 radical (unpaired) electrons. The number of unbranched alkanes of at least 4 members (excludes halogenated alkanes) is 3. The van der Waals surface area contributed by atoms with E-state index in [-0.39, 0.29) is 12.5 Å². The lowest BCUT2D eigenvalue weighted by molar-refractivity contribution is -0.116. The smallest absolute Gasteiger partial charge is 0.243 e. The van der Waals surface area contributed by atoms with Crippen LogP contribution in [0.1, 0.15) is 36.8 Å². The van der Waals surface area contributed by atoms with Crippen molar-refractivity contribution < 1.29 is 18.0 Å². The second-order valence-electron chi connectivity index (χ2n) is 6.87. The fourth-order valence-electron chi connectivity index (χ4n) is 2.68. The van der Waals surface area contributed by atoms with Gasteiger partial charge in [-0.1, -0.05) is 53.7 Å². The summed E-state index contributed by atoms with van der Waals surface area (Å²) >= 11 is 0. The molecule has 0 saturated carbocycles. The Bertz CT molecular complexity index is 887. The summed E-state index contributed by atoms with van der Waals surface area (Å²) in [6.07, 6.45) is 11.0. The fraction of sp³-hybridized carbons (Fsp3) is 0.364. The Morgan fingerprint density at radius 2 is 1.87 bits per heavy atom. The zero-order valence-electron chi connectivity index (χ0n) is 17.2. The summed E-state index contributed by atoms with van der Waals surface area (Å²) in [4.78, 5) is 21.3. The van der Waals surface area contributed by atoms with Crippen molar-refractivity contribution in [3.8, 4) is 0 Å². The molecule has 0 unspecified atom stereocenters. The van der Waals surface area contributed by atoms with Crippen molar-refractivity contribution in [2.24, 2.45) is 0 Å². The molecule has 1 heterocycles. The number of hydrogen-bond acceptors (Lipinski definition) is 5. The predicted molar refractivity (Wildman–Crippen MR) is 118 cm³/mol. The number of rotatable bonds is 13. The summed E-state index contributed by atoms with van der Waals surface area (Å²) < 4.78 is 24.9. The standard InChI is InChI=1S/C22H29N3O4S/c1-30(27,28)25(29-19-21-10-5-4-6-11-21)17-8-3-2-7-16-24-22(26)14-13-20-12-9-15-23-18-20/h4-6,9-15,18H,2-3,7-8,16-17,19H2,1H3,(H,24,26). The zero-order valence-corrected chi connectivity index (χ0v) is 18.1. The second-order valence-corrected chi connectivity index (χ2v) is 8.75. The number of hydrogen-bond donors (Lipinski definition) is 1. The fourth-order valence-corrected chi connectivity index (χ4v) is 3.39. The van der Waals surface area contributed by atoms with Crippen LogP contribution in [0.15, 0.2) is 60.9 Å². The van der Waals surface area contributed by atoms with E-state index in [0.717, 1.165) is 41.1 Å². The third-order valence-corrected chi connectivity index (χ3v) is 5.29. The van der Waals surface area contributed by atoms with Crippen LogP contribution in [0.2, 0.25) is 0 Å². The van der Waals surface area contributed by atoms with Crippen molar-refractivity contribution in [3.05, 3.63) is 72.1 Å². The van der Waals surface area contributed by atoms with Crippen molar-refractivity contribution in [1.82, 2.24) is 14.8 Å².